The fourth-order valence-corrected chi connectivity index (χ4v) is 2.45. The van der Waals surface area contributed by atoms with Gasteiger partial charge in [-0.1, -0.05) is 19.1 Å². The number of nitrogens with zero attached hydrogens (tertiary/aromatic N) is 2. The van der Waals surface area contributed by atoms with E-state index in [9.17, 15) is 0 Å². The van der Waals surface area contributed by atoms with Crippen molar-refractivity contribution in [2.45, 2.75) is 19.4 Å². The molecule has 120 valence electrons. The van der Waals surface area contributed by atoms with Crippen molar-refractivity contribution in [2.24, 2.45) is 0 Å². The number of ether oxygens (including phenoxy) is 1. The Balaban J connectivity index is 2.59. The van der Waals surface area contributed by atoms with Gasteiger partial charge in [0.1, 0.15) is 5.75 Å². The molecule has 1 aromatic carbocycles. The molecule has 0 aliphatic heterocycles. The van der Waals surface area contributed by atoms with E-state index in [2.05, 4.69) is 61.4 Å². The Morgan fingerprint density at radius 3 is 2.57 bits per heavy atom. The zero-order valence-corrected chi connectivity index (χ0v) is 14.2. The molecule has 0 radical (unpaired) electrons. The zero-order chi connectivity index (χ0) is 15.7. The maximum Gasteiger partial charge on any atom is 0.119 e. The molecule has 0 aliphatic rings. The Morgan fingerprint density at radius 1 is 1.19 bits per heavy atom. The quantitative estimate of drug-likeness (QED) is 0.716. The lowest BCUT2D eigenvalue weighted by Crippen LogP contribution is -2.34. The molecular formula is C17H31N3O. The van der Waals surface area contributed by atoms with Crippen LogP contribution in [-0.2, 0) is 0 Å². The third-order valence-electron chi connectivity index (χ3n) is 3.59. The first-order valence-corrected chi connectivity index (χ1v) is 7.77. The second-order valence-corrected chi connectivity index (χ2v) is 5.81. The third-order valence-corrected chi connectivity index (χ3v) is 3.59. The SMILES string of the molecule is CCNC(CN(C)CCCN(C)C)c1cccc(OC)c1. The Morgan fingerprint density at radius 2 is 1.95 bits per heavy atom. The molecule has 1 aromatic rings. The highest BCUT2D eigenvalue weighted by Crippen LogP contribution is 2.19. The maximum absolute atomic E-state index is 5.33. The van der Waals surface area contributed by atoms with E-state index >= 15 is 0 Å². The summed E-state index contributed by atoms with van der Waals surface area (Å²) < 4.78 is 5.33. The van der Waals surface area contributed by atoms with Crippen LogP contribution >= 0.6 is 0 Å². The van der Waals surface area contributed by atoms with Gasteiger partial charge in [-0.25, -0.2) is 0 Å². The predicted molar refractivity (Wildman–Crippen MR) is 90.1 cm³/mol. The van der Waals surface area contributed by atoms with Crippen LogP contribution in [0.25, 0.3) is 0 Å². The third kappa shape index (κ3) is 6.93. The monoisotopic (exact) mass is 293 g/mol. The summed E-state index contributed by atoms with van der Waals surface area (Å²) in [5, 5.41) is 3.57. The Labute approximate surface area is 130 Å². The Hall–Kier alpha value is -1.10. The summed E-state index contributed by atoms with van der Waals surface area (Å²) in [6.45, 7) is 6.38. The van der Waals surface area contributed by atoms with E-state index in [4.69, 9.17) is 4.74 Å². The van der Waals surface area contributed by atoms with Gasteiger partial charge in [-0.15, -0.1) is 0 Å². The van der Waals surface area contributed by atoms with Gasteiger partial charge < -0.3 is 19.9 Å². The van der Waals surface area contributed by atoms with Crippen molar-refractivity contribution in [2.75, 3.05) is 54.4 Å². The van der Waals surface area contributed by atoms with Gasteiger partial charge in [-0.2, -0.15) is 0 Å². The summed E-state index contributed by atoms with van der Waals surface area (Å²) >= 11 is 0. The van der Waals surface area contributed by atoms with E-state index in [-0.39, 0.29) is 0 Å². The molecular weight excluding hydrogens is 262 g/mol. The first-order valence-electron chi connectivity index (χ1n) is 7.77. The largest absolute Gasteiger partial charge is 0.497 e. The minimum absolute atomic E-state index is 0.342. The van der Waals surface area contributed by atoms with Crippen LogP contribution < -0.4 is 10.1 Å². The second kappa shape index (κ2) is 9.77. The maximum atomic E-state index is 5.33. The van der Waals surface area contributed by atoms with Gasteiger partial charge in [0.05, 0.1) is 7.11 Å². The molecule has 0 heterocycles. The molecule has 0 spiro atoms. The number of hydrogen-bond donors (Lipinski definition) is 1. The van der Waals surface area contributed by atoms with Crippen LogP contribution in [0.15, 0.2) is 24.3 Å². The predicted octanol–water partition coefficient (Wildman–Crippen LogP) is 2.23. The molecule has 0 aromatic heterocycles. The number of hydrogen-bond acceptors (Lipinski definition) is 4. The molecule has 1 unspecified atom stereocenters. The molecule has 0 aliphatic carbocycles. The number of likely N-dealkylation sites (N-methyl/N-ethyl adjacent to an activating group) is 2. The van der Waals surface area contributed by atoms with Gasteiger partial charge in [-0.3, -0.25) is 0 Å². The van der Waals surface area contributed by atoms with Crippen LogP contribution in [0.5, 0.6) is 5.75 Å². The lowest BCUT2D eigenvalue weighted by atomic mass is 10.1. The van der Waals surface area contributed by atoms with Gasteiger partial charge in [0.25, 0.3) is 0 Å². The van der Waals surface area contributed by atoms with Crippen molar-refractivity contribution in [3.63, 3.8) is 0 Å². The molecule has 0 saturated heterocycles. The Kier molecular flexibility index (Phi) is 8.35. The van der Waals surface area contributed by atoms with E-state index in [1.54, 1.807) is 7.11 Å². The number of benzene rings is 1. The van der Waals surface area contributed by atoms with Crippen LogP contribution in [0, 0.1) is 0 Å². The molecule has 1 N–H and O–H groups in total. The highest BCUT2D eigenvalue weighted by Gasteiger charge is 2.13. The van der Waals surface area contributed by atoms with Crippen LogP contribution in [0.4, 0.5) is 0 Å². The van der Waals surface area contributed by atoms with E-state index in [0.717, 1.165) is 31.9 Å². The molecule has 0 saturated carbocycles. The lowest BCUT2D eigenvalue weighted by molar-refractivity contribution is 0.271. The van der Waals surface area contributed by atoms with Crippen molar-refractivity contribution in [1.29, 1.82) is 0 Å². The van der Waals surface area contributed by atoms with E-state index in [1.165, 1.54) is 12.0 Å². The van der Waals surface area contributed by atoms with Gasteiger partial charge in [-0.05, 0) is 64.9 Å². The minimum Gasteiger partial charge on any atom is -0.497 e. The molecule has 1 rings (SSSR count). The normalized spacial score (nSPS) is 12.9. The second-order valence-electron chi connectivity index (χ2n) is 5.81. The molecule has 0 fully saturated rings. The molecule has 0 bridgehead atoms. The Bertz CT molecular complexity index is 395. The first-order chi connectivity index (χ1) is 10.1. The highest BCUT2D eigenvalue weighted by atomic mass is 16.5. The van der Waals surface area contributed by atoms with Crippen LogP contribution in [0.1, 0.15) is 24.9 Å². The van der Waals surface area contributed by atoms with E-state index < -0.39 is 0 Å². The fraction of sp³-hybridized carbons (Fsp3) is 0.647. The van der Waals surface area contributed by atoms with Crippen molar-refractivity contribution in [1.82, 2.24) is 15.1 Å². The van der Waals surface area contributed by atoms with Crippen LogP contribution in [0.3, 0.4) is 0 Å². The van der Waals surface area contributed by atoms with Crippen LogP contribution in [-0.4, -0.2) is 64.2 Å². The van der Waals surface area contributed by atoms with Crippen molar-refractivity contribution >= 4 is 0 Å². The first kappa shape index (κ1) is 18.0. The summed E-state index contributed by atoms with van der Waals surface area (Å²) in [6.07, 6.45) is 1.19. The van der Waals surface area contributed by atoms with Gasteiger partial charge >= 0.3 is 0 Å². The zero-order valence-electron chi connectivity index (χ0n) is 14.2. The number of methoxy groups -OCH3 is 1. The standard InChI is InChI=1S/C17H31N3O/c1-6-18-17(14-20(4)12-8-11-19(2)3)15-9-7-10-16(13-15)21-5/h7,9-10,13,17-18H,6,8,11-12,14H2,1-5H3. The average molecular weight is 293 g/mol. The summed E-state index contributed by atoms with van der Waals surface area (Å²) in [6, 6.07) is 8.69. The summed E-state index contributed by atoms with van der Waals surface area (Å²) in [5.74, 6) is 0.922. The van der Waals surface area contributed by atoms with Crippen molar-refractivity contribution in [3.8, 4) is 5.75 Å². The summed E-state index contributed by atoms with van der Waals surface area (Å²) in [5.41, 5.74) is 1.29. The highest BCUT2D eigenvalue weighted by molar-refractivity contribution is 5.30. The molecule has 4 heteroatoms. The molecule has 21 heavy (non-hydrogen) atoms. The number of nitrogens with one attached hydrogen (secondary N) is 1. The van der Waals surface area contributed by atoms with E-state index in [1.807, 2.05) is 6.07 Å². The number of rotatable bonds is 10. The van der Waals surface area contributed by atoms with Crippen molar-refractivity contribution < 1.29 is 4.74 Å². The van der Waals surface area contributed by atoms with Gasteiger partial charge in [0.15, 0.2) is 0 Å². The molecule has 1 atom stereocenters. The molecule has 0 amide bonds. The fourth-order valence-electron chi connectivity index (χ4n) is 2.45. The van der Waals surface area contributed by atoms with E-state index in [0.29, 0.717) is 6.04 Å². The van der Waals surface area contributed by atoms with Gasteiger partial charge in [0.2, 0.25) is 0 Å². The summed E-state index contributed by atoms with van der Waals surface area (Å²) in [4.78, 5) is 4.63. The van der Waals surface area contributed by atoms with Crippen LogP contribution in [0.2, 0.25) is 0 Å². The smallest absolute Gasteiger partial charge is 0.119 e. The summed E-state index contributed by atoms with van der Waals surface area (Å²) in [7, 11) is 8.16. The lowest BCUT2D eigenvalue weighted by Gasteiger charge is -2.26. The van der Waals surface area contributed by atoms with Crippen molar-refractivity contribution in [3.05, 3.63) is 29.8 Å². The van der Waals surface area contributed by atoms with Gasteiger partial charge in [0, 0.05) is 12.6 Å². The molecule has 4 nitrogen and oxygen atoms in total. The minimum atomic E-state index is 0.342. The topological polar surface area (TPSA) is 27.7 Å². The average Bonchev–Trinajstić information content (AvgIpc) is 2.46.